The predicted octanol–water partition coefficient (Wildman–Crippen LogP) is 3.61. The number of rotatable bonds is 6. The number of aromatic hydroxyl groups is 1. The van der Waals surface area contributed by atoms with Crippen molar-refractivity contribution in [1.82, 2.24) is 4.90 Å². The van der Waals surface area contributed by atoms with Crippen molar-refractivity contribution in [3.8, 4) is 5.75 Å². The normalized spacial score (nSPS) is 26.9. The van der Waals surface area contributed by atoms with Gasteiger partial charge in [-0.15, -0.1) is 0 Å². The molecule has 0 saturated heterocycles. The molecule has 0 aromatic heterocycles. The first-order valence-corrected chi connectivity index (χ1v) is 15.2. The number of Topliss-reactive ketones (excluding diaryl/α,β-unsaturated/α-hetero) is 2. The highest BCUT2D eigenvalue weighted by molar-refractivity contribution is 6.33. The summed E-state index contributed by atoms with van der Waals surface area (Å²) < 4.78 is 0. The fraction of sp³-hybridized carbons (Fsp3) is 0.424. The maximum absolute atomic E-state index is 13.8. The van der Waals surface area contributed by atoms with E-state index >= 15 is 0 Å². The smallest absolute Gasteiger partial charge is 0.255 e. The number of benzene rings is 2. The molecule has 0 bridgehead atoms. The molecule has 3 atom stereocenters. The molecule has 7 rings (SSSR count). The van der Waals surface area contributed by atoms with Gasteiger partial charge < -0.3 is 26.2 Å². The summed E-state index contributed by atoms with van der Waals surface area (Å²) >= 11 is 7.02. The van der Waals surface area contributed by atoms with Crippen LogP contribution >= 0.6 is 11.6 Å². The second kappa shape index (κ2) is 9.94. The van der Waals surface area contributed by atoms with Crippen LogP contribution < -0.4 is 5.73 Å². The number of phenolic OH excluding ortho intramolecular Hbond substituents is 1. The number of hydrogen-bond acceptors (Lipinski definition) is 8. The van der Waals surface area contributed by atoms with Crippen LogP contribution in [0.2, 0.25) is 5.02 Å². The Morgan fingerprint density at radius 1 is 1.05 bits per heavy atom. The van der Waals surface area contributed by atoms with Crippen molar-refractivity contribution in [2.45, 2.75) is 63.1 Å². The monoisotopic (exact) mass is 604 g/mol. The van der Waals surface area contributed by atoms with E-state index in [2.05, 4.69) is 29.2 Å². The number of primary amides is 1. The number of carbonyl (C=O) groups is 3. The van der Waals surface area contributed by atoms with Gasteiger partial charge in [0.1, 0.15) is 22.8 Å². The number of amides is 1. The Kier molecular flexibility index (Phi) is 6.50. The number of allylic oxidation sites excluding steroid dienone is 2. The Morgan fingerprint density at radius 3 is 2.35 bits per heavy atom. The first-order valence-electron chi connectivity index (χ1n) is 14.8. The largest absolute Gasteiger partial charge is 0.511 e. The number of hydrogen-bond donors (Lipinski definition) is 5. The molecule has 2 aromatic rings. The summed E-state index contributed by atoms with van der Waals surface area (Å²) in [6.45, 7) is 1.43. The van der Waals surface area contributed by atoms with Crippen LogP contribution in [-0.2, 0) is 35.4 Å². The van der Waals surface area contributed by atoms with E-state index < -0.39 is 52.0 Å². The molecule has 0 heterocycles. The van der Waals surface area contributed by atoms with Gasteiger partial charge in [-0.1, -0.05) is 35.9 Å². The van der Waals surface area contributed by atoms with Gasteiger partial charge in [0.05, 0.1) is 5.56 Å². The van der Waals surface area contributed by atoms with E-state index in [0.29, 0.717) is 34.7 Å². The van der Waals surface area contributed by atoms with Crippen molar-refractivity contribution in [3.63, 3.8) is 0 Å². The summed E-state index contributed by atoms with van der Waals surface area (Å²) in [4.78, 5) is 41.3. The van der Waals surface area contributed by atoms with Gasteiger partial charge in [0.2, 0.25) is 5.78 Å². The Morgan fingerprint density at radius 2 is 1.72 bits per heavy atom. The number of ketones is 2. The van der Waals surface area contributed by atoms with Gasteiger partial charge in [0.15, 0.2) is 11.4 Å². The van der Waals surface area contributed by atoms with Crippen molar-refractivity contribution < 1.29 is 34.8 Å². The van der Waals surface area contributed by atoms with E-state index in [-0.39, 0.29) is 36.1 Å². The van der Waals surface area contributed by atoms with E-state index in [4.69, 9.17) is 17.3 Å². The van der Waals surface area contributed by atoms with E-state index in [1.807, 2.05) is 0 Å². The summed E-state index contributed by atoms with van der Waals surface area (Å²) in [5.74, 6) is -5.87. The third-order valence-corrected chi connectivity index (χ3v) is 10.6. The molecule has 0 spiro atoms. The number of nitrogens with two attached hydrogens (primary N) is 1. The van der Waals surface area contributed by atoms with Crippen molar-refractivity contribution in [2.24, 2.45) is 23.5 Å². The number of halogens is 1. The van der Waals surface area contributed by atoms with E-state index in [1.54, 1.807) is 0 Å². The van der Waals surface area contributed by atoms with Crippen LogP contribution in [0.5, 0.6) is 5.75 Å². The van der Waals surface area contributed by atoms with Crippen LogP contribution in [0.15, 0.2) is 53.0 Å². The van der Waals surface area contributed by atoms with Crippen LogP contribution in [0.25, 0.3) is 0 Å². The van der Waals surface area contributed by atoms with Crippen LogP contribution in [0.3, 0.4) is 0 Å². The minimum absolute atomic E-state index is 0.0626. The third kappa shape index (κ3) is 4.31. The number of phenols is 1. The predicted molar refractivity (Wildman–Crippen MR) is 157 cm³/mol. The summed E-state index contributed by atoms with van der Waals surface area (Å²) in [5, 5.41) is 44.6. The maximum atomic E-state index is 13.8. The number of aliphatic hydroxyl groups is 3. The van der Waals surface area contributed by atoms with Gasteiger partial charge in [-0.3, -0.25) is 19.3 Å². The molecule has 5 aliphatic carbocycles. The summed E-state index contributed by atoms with van der Waals surface area (Å²) in [6, 6.07) is 10.3. The fourth-order valence-corrected chi connectivity index (χ4v) is 8.11. The quantitative estimate of drug-likeness (QED) is 0.312. The second-order valence-corrected chi connectivity index (χ2v) is 13.2. The van der Waals surface area contributed by atoms with Gasteiger partial charge in [-0.05, 0) is 78.7 Å². The second-order valence-electron chi connectivity index (χ2n) is 12.8. The molecule has 0 radical (unpaired) electrons. The average Bonchev–Trinajstić information content (AvgIpc) is 3.67. The van der Waals surface area contributed by atoms with E-state index in [1.165, 1.54) is 30.0 Å². The molecule has 2 aromatic carbocycles. The minimum atomic E-state index is -2.59. The highest BCUT2D eigenvalue weighted by Gasteiger charge is 2.59. The maximum Gasteiger partial charge on any atom is 0.255 e. The zero-order valence-corrected chi connectivity index (χ0v) is 24.2. The third-order valence-electron chi connectivity index (χ3n) is 10.2. The lowest BCUT2D eigenvalue weighted by atomic mass is 9.60. The lowest BCUT2D eigenvalue weighted by Crippen LogP contribution is -2.57. The highest BCUT2D eigenvalue weighted by Crippen LogP contribution is 2.52. The zero-order valence-electron chi connectivity index (χ0n) is 23.5. The molecule has 1 saturated carbocycles. The van der Waals surface area contributed by atoms with E-state index in [9.17, 15) is 34.8 Å². The van der Waals surface area contributed by atoms with E-state index in [0.717, 1.165) is 19.4 Å². The molecule has 10 heteroatoms. The average molecular weight is 605 g/mol. The molecule has 1 fully saturated rings. The molecule has 1 unspecified atom stereocenters. The minimum Gasteiger partial charge on any atom is -0.511 e. The van der Waals surface area contributed by atoms with Crippen molar-refractivity contribution in [2.75, 3.05) is 6.54 Å². The molecular weight excluding hydrogens is 572 g/mol. The van der Waals surface area contributed by atoms with Crippen LogP contribution in [-0.4, -0.2) is 61.0 Å². The number of fused-ring (bicyclic) bond motifs is 4. The molecular formula is C33H33ClN2O7. The Labute approximate surface area is 253 Å². The van der Waals surface area contributed by atoms with Gasteiger partial charge in [-0.2, -0.15) is 0 Å². The SMILES string of the molecule is NC(=O)C1=C(O)C[C@@H]2CC3Cc4c(Cl)c(CN(CC5CC5)C5Cc6ccccc6C5)cc(O)c4C(=O)C3=C(O)[C@]2(O)C1=O. The van der Waals surface area contributed by atoms with Crippen LogP contribution in [0.4, 0.5) is 0 Å². The molecule has 43 heavy (non-hydrogen) atoms. The van der Waals surface area contributed by atoms with Gasteiger partial charge >= 0.3 is 0 Å². The van der Waals surface area contributed by atoms with Gasteiger partial charge in [-0.25, -0.2) is 0 Å². The van der Waals surface area contributed by atoms with Crippen molar-refractivity contribution in [1.29, 1.82) is 0 Å². The topological polar surface area (TPSA) is 161 Å². The van der Waals surface area contributed by atoms with Gasteiger partial charge in [0.25, 0.3) is 5.91 Å². The summed E-state index contributed by atoms with van der Waals surface area (Å²) in [6.07, 6.45) is 4.24. The first kappa shape index (κ1) is 28.1. The summed E-state index contributed by atoms with van der Waals surface area (Å²) in [5.41, 5.74) is 5.52. The molecule has 224 valence electrons. The molecule has 9 nitrogen and oxygen atoms in total. The van der Waals surface area contributed by atoms with Crippen LogP contribution in [0.1, 0.15) is 58.3 Å². The summed E-state index contributed by atoms with van der Waals surface area (Å²) in [7, 11) is 0. The highest BCUT2D eigenvalue weighted by atomic mass is 35.5. The lowest BCUT2D eigenvalue weighted by Gasteiger charge is -2.45. The Balaban J connectivity index is 1.23. The van der Waals surface area contributed by atoms with Crippen molar-refractivity contribution in [3.05, 3.63) is 85.8 Å². The molecule has 1 amide bonds. The first-order chi connectivity index (χ1) is 20.5. The van der Waals surface area contributed by atoms with Gasteiger partial charge in [0, 0.05) is 42.1 Å². The number of nitrogens with zero attached hydrogens (tertiary/aromatic N) is 1. The molecule has 0 aliphatic heterocycles. The Hall–Kier alpha value is -3.66. The number of carbonyl (C=O) groups excluding carboxylic acids is 3. The standard InChI is InChI=1S/C33H33ClN2O7/c34-28-19(14-36(13-15-5-6-15)21-8-16-3-1-2-4-17(16)9-21)11-23(37)26-22(28)10-18-7-20-12-24(38)27(32(35)42)31(41)33(20,43)30(40)25(18)29(26)39/h1-4,11,15,18,20-21,37-38,40,43H,5-10,12-14H2,(H2,35,42)/t18?,20-,33-/m0/s1. The molecule has 6 N–H and O–H groups in total. The molecule has 5 aliphatic rings. The fourth-order valence-electron chi connectivity index (χ4n) is 7.82. The van der Waals surface area contributed by atoms with Crippen molar-refractivity contribution >= 4 is 29.1 Å². The Bertz CT molecular complexity index is 1650. The van der Waals surface area contributed by atoms with Crippen LogP contribution in [0, 0.1) is 17.8 Å². The number of aliphatic hydroxyl groups excluding tert-OH is 2. The zero-order chi connectivity index (χ0) is 30.4. The lowest BCUT2D eigenvalue weighted by molar-refractivity contribution is -0.144.